The van der Waals surface area contributed by atoms with Gasteiger partial charge in [0.25, 0.3) is 0 Å². The molecule has 0 atom stereocenters. The fourth-order valence-electron chi connectivity index (χ4n) is 3.20. The number of amides is 1. The number of carbonyl (C=O) groups is 1. The maximum absolute atomic E-state index is 12.3. The molecule has 0 aliphatic heterocycles. The van der Waals surface area contributed by atoms with E-state index in [0.717, 1.165) is 25.7 Å². The molecule has 1 amide bonds. The summed E-state index contributed by atoms with van der Waals surface area (Å²) in [6.45, 7) is 2.14. The van der Waals surface area contributed by atoms with Crippen molar-refractivity contribution in [2.24, 2.45) is 17.1 Å². The van der Waals surface area contributed by atoms with Gasteiger partial charge in [-0.1, -0.05) is 38.4 Å². The van der Waals surface area contributed by atoms with Gasteiger partial charge in [-0.3, -0.25) is 4.79 Å². The van der Waals surface area contributed by atoms with Crippen LogP contribution in [0.25, 0.3) is 0 Å². The predicted molar refractivity (Wildman–Crippen MR) is 72.6 cm³/mol. The molecule has 4 heteroatoms. The highest BCUT2D eigenvalue weighted by Gasteiger charge is 2.51. The molecule has 2 fully saturated rings. The molecule has 0 heterocycles. The van der Waals surface area contributed by atoms with Gasteiger partial charge in [0.1, 0.15) is 0 Å². The standard InChI is InChI=1S/C13H22N2OS/c1-9-7-13(8-9,11(14)17)12(16)15-10-5-3-2-4-6-10/h9-10H,2-8H2,1H3,(H2,14,17)(H,15,16). The third kappa shape index (κ3) is 2.46. The van der Waals surface area contributed by atoms with Gasteiger partial charge in [-0.25, -0.2) is 0 Å². The highest BCUT2D eigenvalue weighted by Crippen LogP contribution is 2.46. The lowest BCUT2D eigenvalue weighted by Gasteiger charge is -2.45. The second-order valence-corrected chi connectivity index (χ2v) is 6.21. The quantitative estimate of drug-likeness (QED) is 0.759. The molecule has 0 aromatic heterocycles. The van der Waals surface area contributed by atoms with E-state index in [1.165, 1.54) is 19.3 Å². The zero-order chi connectivity index (χ0) is 12.5. The summed E-state index contributed by atoms with van der Waals surface area (Å²) in [5.74, 6) is 0.642. The van der Waals surface area contributed by atoms with Crippen molar-refractivity contribution in [2.75, 3.05) is 0 Å². The number of thiocarbonyl (C=S) groups is 1. The molecule has 0 aromatic rings. The van der Waals surface area contributed by atoms with Crippen LogP contribution in [-0.2, 0) is 4.79 Å². The topological polar surface area (TPSA) is 55.1 Å². The lowest BCUT2D eigenvalue weighted by Crippen LogP contribution is -2.57. The van der Waals surface area contributed by atoms with Crippen LogP contribution in [0.5, 0.6) is 0 Å². The summed E-state index contributed by atoms with van der Waals surface area (Å²) >= 11 is 5.09. The van der Waals surface area contributed by atoms with Crippen molar-refractivity contribution in [3.8, 4) is 0 Å². The Labute approximate surface area is 109 Å². The molecule has 0 radical (unpaired) electrons. The Balaban J connectivity index is 1.95. The van der Waals surface area contributed by atoms with Crippen molar-refractivity contribution in [3.63, 3.8) is 0 Å². The molecule has 0 aromatic carbocycles. The monoisotopic (exact) mass is 254 g/mol. The first-order valence-corrected chi connectivity index (χ1v) is 7.06. The molecular weight excluding hydrogens is 232 g/mol. The van der Waals surface area contributed by atoms with E-state index in [-0.39, 0.29) is 5.91 Å². The summed E-state index contributed by atoms with van der Waals surface area (Å²) in [6.07, 6.45) is 7.60. The van der Waals surface area contributed by atoms with Gasteiger partial charge in [0.15, 0.2) is 0 Å². The van der Waals surface area contributed by atoms with E-state index >= 15 is 0 Å². The van der Waals surface area contributed by atoms with Gasteiger partial charge >= 0.3 is 0 Å². The molecule has 3 nitrogen and oxygen atoms in total. The van der Waals surface area contributed by atoms with Crippen molar-refractivity contribution >= 4 is 23.1 Å². The van der Waals surface area contributed by atoms with E-state index in [4.69, 9.17) is 18.0 Å². The zero-order valence-corrected chi connectivity index (χ0v) is 11.3. The Bertz CT molecular complexity index is 317. The summed E-state index contributed by atoms with van der Waals surface area (Å²) in [5.41, 5.74) is 5.24. The van der Waals surface area contributed by atoms with Crippen LogP contribution in [0.4, 0.5) is 0 Å². The SMILES string of the molecule is CC1CC(C(=O)NC2CCCCC2)(C(N)=S)C1. The van der Waals surface area contributed by atoms with Gasteiger partial charge in [0.05, 0.1) is 10.4 Å². The van der Waals surface area contributed by atoms with Crippen LogP contribution in [-0.4, -0.2) is 16.9 Å². The molecule has 0 bridgehead atoms. The van der Waals surface area contributed by atoms with Crippen LogP contribution in [0.3, 0.4) is 0 Å². The van der Waals surface area contributed by atoms with Crippen LogP contribution in [0, 0.1) is 11.3 Å². The Kier molecular flexibility index (Phi) is 3.71. The molecule has 2 aliphatic rings. The van der Waals surface area contributed by atoms with Gasteiger partial charge in [-0.05, 0) is 31.6 Å². The smallest absolute Gasteiger partial charge is 0.233 e. The summed E-state index contributed by atoms with van der Waals surface area (Å²) in [7, 11) is 0. The van der Waals surface area contributed by atoms with E-state index in [0.29, 0.717) is 16.9 Å². The maximum Gasteiger partial charge on any atom is 0.233 e. The first-order valence-electron chi connectivity index (χ1n) is 6.65. The molecule has 0 spiro atoms. The molecule has 2 saturated carbocycles. The second-order valence-electron chi connectivity index (χ2n) is 5.77. The fourth-order valence-corrected chi connectivity index (χ4v) is 3.46. The number of hydrogen-bond donors (Lipinski definition) is 2. The molecule has 2 aliphatic carbocycles. The van der Waals surface area contributed by atoms with Crippen LogP contribution < -0.4 is 11.1 Å². The van der Waals surface area contributed by atoms with Gasteiger partial charge in [0.2, 0.25) is 5.91 Å². The van der Waals surface area contributed by atoms with Gasteiger partial charge < -0.3 is 11.1 Å². The second kappa shape index (κ2) is 4.92. The molecule has 17 heavy (non-hydrogen) atoms. The average molecular weight is 254 g/mol. The summed E-state index contributed by atoms with van der Waals surface area (Å²) in [4.78, 5) is 12.7. The van der Waals surface area contributed by atoms with E-state index in [1.807, 2.05) is 0 Å². The Morgan fingerprint density at radius 1 is 1.29 bits per heavy atom. The van der Waals surface area contributed by atoms with Crippen LogP contribution in [0.2, 0.25) is 0 Å². The summed E-state index contributed by atoms with van der Waals surface area (Å²) < 4.78 is 0. The highest BCUT2D eigenvalue weighted by molar-refractivity contribution is 7.80. The predicted octanol–water partition coefficient (Wildman–Crippen LogP) is 2.14. The highest BCUT2D eigenvalue weighted by atomic mass is 32.1. The van der Waals surface area contributed by atoms with E-state index in [1.54, 1.807) is 0 Å². The Morgan fingerprint density at radius 2 is 1.88 bits per heavy atom. The fraction of sp³-hybridized carbons (Fsp3) is 0.846. The first-order chi connectivity index (χ1) is 8.04. The normalized spacial score (nSPS) is 33.8. The van der Waals surface area contributed by atoms with Gasteiger partial charge in [-0.15, -0.1) is 0 Å². The first kappa shape index (κ1) is 12.8. The molecule has 0 unspecified atom stereocenters. The van der Waals surface area contributed by atoms with Crippen LogP contribution in [0.1, 0.15) is 51.9 Å². The molecule has 3 N–H and O–H groups in total. The third-order valence-corrected chi connectivity index (χ3v) is 4.63. The van der Waals surface area contributed by atoms with Crippen molar-refractivity contribution in [2.45, 2.75) is 57.9 Å². The Morgan fingerprint density at radius 3 is 2.35 bits per heavy atom. The van der Waals surface area contributed by atoms with Crippen LogP contribution in [0.15, 0.2) is 0 Å². The number of nitrogens with two attached hydrogens (primary N) is 1. The van der Waals surface area contributed by atoms with Gasteiger partial charge in [0, 0.05) is 6.04 Å². The average Bonchev–Trinajstić information content (AvgIpc) is 2.25. The lowest BCUT2D eigenvalue weighted by atomic mass is 9.62. The minimum atomic E-state index is -0.536. The summed E-state index contributed by atoms with van der Waals surface area (Å²) in [6, 6.07) is 0.346. The number of carbonyl (C=O) groups excluding carboxylic acids is 1. The summed E-state index contributed by atoms with van der Waals surface area (Å²) in [5, 5.41) is 3.16. The molecular formula is C13H22N2OS. The number of hydrogen-bond acceptors (Lipinski definition) is 2. The van der Waals surface area contributed by atoms with Crippen molar-refractivity contribution in [3.05, 3.63) is 0 Å². The molecule has 96 valence electrons. The Hall–Kier alpha value is -0.640. The minimum absolute atomic E-state index is 0.0787. The molecule has 2 rings (SSSR count). The number of nitrogens with one attached hydrogen (secondary N) is 1. The zero-order valence-electron chi connectivity index (χ0n) is 10.5. The van der Waals surface area contributed by atoms with E-state index in [2.05, 4.69) is 12.2 Å². The lowest BCUT2D eigenvalue weighted by molar-refractivity contribution is -0.133. The maximum atomic E-state index is 12.3. The van der Waals surface area contributed by atoms with Crippen molar-refractivity contribution in [1.82, 2.24) is 5.32 Å². The van der Waals surface area contributed by atoms with E-state index < -0.39 is 5.41 Å². The third-order valence-electron chi connectivity index (χ3n) is 4.24. The number of rotatable bonds is 3. The minimum Gasteiger partial charge on any atom is -0.392 e. The van der Waals surface area contributed by atoms with E-state index in [9.17, 15) is 4.79 Å². The van der Waals surface area contributed by atoms with Crippen LogP contribution >= 0.6 is 12.2 Å². The van der Waals surface area contributed by atoms with Gasteiger partial charge in [-0.2, -0.15) is 0 Å². The van der Waals surface area contributed by atoms with Crippen molar-refractivity contribution in [1.29, 1.82) is 0 Å². The largest absolute Gasteiger partial charge is 0.392 e. The van der Waals surface area contributed by atoms with Crippen molar-refractivity contribution < 1.29 is 4.79 Å². The molecule has 0 saturated heterocycles.